The number of rotatable bonds is 6. The molecule has 0 saturated carbocycles. The van der Waals surface area contributed by atoms with Crippen molar-refractivity contribution in [2.45, 2.75) is 25.5 Å². The van der Waals surface area contributed by atoms with E-state index in [0.29, 0.717) is 17.1 Å². The Balaban J connectivity index is 2.47. The number of benzene rings is 1. The fourth-order valence-corrected chi connectivity index (χ4v) is 1.80. The number of carbonyl (C=O) groups excluding carboxylic acids is 1. The summed E-state index contributed by atoms with van der Waals surface area (Å²) in [6.45, 7) is 2.17. The Labute approximate surface area is 106 Å². The fourth-order valence-electron chi connectivity index (χ4n) is 1.54. The van der Waals surface area contributed by atoms with Gasteiger partial charge in [-0.3, -0.25) is 4.79 Å². The Morgan fingerprint density at radius 2 is 2.18 bits per heavy atom. The average molecular weight is 257 g/mol. The van der Waals surface area contributed by atoms with Crippen molar-refractivity contribution < 1.29 is 9.90 Å². The molecule has 0 aromatic heterocycles. The molecule has 2 unspecified atom stereocenters. The highest BCUT2D eigenvalue weighted by molar-refractivity contribution is 6.31. The summed E-state index contributed by atoms with van der Waals surface area (Å²) in [6, 6.07) is 7.06. The number of hydrogen-bond donors (Lipinski definition) is 3. The minimum absolute atomic E-state index is 0.0652. The van der Waals surface area contributed by atoms with Crippen molar-refractivity contribution >= 4 is 17.5 Å². The van der Waals surface area contributed by atoms with E-state index >= 15 is 0 Å². The molecule has 1 aromatic rings. The summed E-state index contributed by atoms with van der Waals surface area (Å²) in [4.78, 5) is 10.7. The molecule has 0 aliphatic rings. The molecule has 2 atom stereocenters. The number of primary amides is 1. The van der Waals surface area contributed by atoms with Crippen LogP contribution in [-0.2, 0) is 4.79 Å². The van der Waals surface area contributed by atoms with Crippen LogP contribution in [0.1, 0.15) is 25.0 Å². The molecule has 4 N–H and O–H groups in total. The second-order valence-corrected chi connectivity index (χ2v) is 4.42. The zero-order valence-corrected chi connectivity index (χ0v) is 10.4. The summed E-state index contributed by atoms with van der Waals surface area (Å²) < 4.78 is 0. The van der Waals surface area contributed by atoms with E-state index in [-0.39, 0.29) is 18.4 Å². The van der Waals surface area contributed by atoms with E-state index in [9.17, 15) is 9.90 Å². The second-order valence-electron chi connectivity index (χ2n) is 4.02. The summed E-state index contributed by atoms with van der Waals surface area (Å²) in [5.41, 5.74) is 5.75. The summed E-state index contributed by atoms with van der Waals surface area (Å²) in [7, 11) is 0. The van der Waals surface area contributed by atoms with Gasteiger partial charge in [0, 0.05) is 29.6 Å². The molecule has 0 saturated heterocycles. The lowest BCUT2D eigenvalue weighted by Gasteiger charge is -2.17. The maximum absolute atomic E-state index is 10.7. The molecule has 0 radical (unpaired) electrons. The molecule has 94 valence electrons. The first-order valence-corrected chi connectivity index (χ1v) is 5.82. The number of nitrogens with two attached hydrogens (primary N) is 1. The van der Waals surface area contributed by atoms with Crippen LogP contribution in [0.15, 0.2) is 24.3 Å². The standard InChI is InChI=1S/C12H17ClN2O2/c1-8(6-12(14)17)15-7-11(16)9-4-2-3-5-10(9)13/h2-5,8,11,15-16H,6-7H2,1H3,(H2,14,17). The molecular formula is C12H17ClN2O2. The molecule has 4 nitrogen and oxygen atoms in total. The van der Waals surface area contributed by atoms with E-state index in [1.54, 1.807) is 12.1 Å². The lowest BCUT2D eigenvalue weighted by molar-refractivity contribution is -0.118. The van der Waals surface area contributed by atoms with Gasteiger partial charge in [-0.15, -0.1) is 0 Å². The number of carbonyl (C=O) groups is 1. The number of aliphatic hydroxyl groups excluding tert-OH is 1. The van der Waals surface area contributed by atoms with Crippen molar-refractivity contribution in [1.82, 2.24) is 5.32 Å². The number of nitrogens with one attached hydrogen (secondary N) is 1. The van der Waals surface area contributed by atoms with Crippen molar-refractivity contribution in [2.24, 2.45) is 5.73 Å². The first-order chi connectivity index (χ1) is 8.00. The predicted molar refractivity (Wildman–Crippen MR) is 67.7 cm³/mol. The fraction of sp³-hybridized carbons (Fsp3) is 0.417. The van der Waals surface area contributed by atoms with Gasteiger partial charge in [-0.05, 0) is 13.0 Å². The number of halogens is 1. The first-order valence-electron chi connectivity index (χ1n) is 5.45. The molecule has 5 heteroatoms. The van der Waals surface area contributed by atoms with Gasteiger partial charge < -0.3 is 16.2 Å². The molecule has 1 aromatic carbocycles. The van der Waals surface area contributed by atoms with Crippen LogP contribution in [0.3, 0.4) is 0 Å². The first kappa shape index (κ1) is 14.0. The van der Waals surface area contributed by atoms with Gasteiger partial charge in [0.1, 0.15) is 0 Å². The maximum Gasteiger partial charge on any atom is 0.218 e. The van der Waals surface area contributed by atoms with Gasteiger partial charge in [0.25, 0.3) is 0 Å². The monoisotopic (exact) mass is 256 g/mol. The Hall–Kier alpha value is -1.10. The zero-order chi connectivity index (χ0) is 12.8. The lowest BCUT2D eigenvalue weighted by atomic mass is 10.1. The molecule has 0 bridgehead atoms. The molecule has 0 spiro atoms. The average Bonchev–Trinajstić information content (AvgIpc) is 2.25. The highest BCUT2D eigenvalue weighted by Crippen LogP contribution is 2.21. The molecule has 0 fully saturated rings. The quantitative estimate of drug-likeness (QED) is 0.717. The van der Waals surface area contributed by atoms with Gasteiger partial charge in [0.2, 0.25) is 5.91 Å². The number of hydrogen-bond acceptors (Lipinski definition) is 3. The third kappa shape index (κ3) is 4.73. The van der Waals surface area contributed by atoms with Crippen LogP contribution in [0.4, 0.5) is 0 Å². The SMILES string of the molecule is CC(CC(N)=O)NCC(O)c1ccccc1Cl. The van der Waals surface area contributed by atoms with Gasteiger partial charge in [0.05, 0.1) is 6.10 Å². The van der Waals surface area contributed by atoms with E-state index in [2.05, 4.69) is 5.32 Å². The maximum atomic E-state index is 10.7. The number of amides is 1. The largest absolute Gasteiger partial charge is 0.387 e. The lowest BCUT2D eigenvalue weighted by Crippen LogP contribution is -2.34. The van der Waals surface area contributed by atoms with Gasteiger partial charge >= 0.3 is 0 Å². The Morgan fingerprint density at radius 3 is 2.76 bits per heavy atom. The number of aliphatic hydroxyl groups is 1. The van der Waals surface area contributed by atoms with Crippen LogP contribution in [-0.4, -0.2) is 23.6 Å². The summed E-state index contributed by atoms with van der Waals surface area (Å²) in [6.07, 6.45) is -0.450. The summed E-state index contributed by atoms with van der Waals surface area (Å²) >= 11 is 5.96. The molecular weight excluding hydrogens is 240 g/mol. The van der Waals surface area contributed by atoms with E-state index in [1.807, 2.05) is 19.1 Å². The smallest absolute Gasteiger partial charge is 0.218 e. The Bertz CT molecular complexity index is 385. The highest BCUT2D eigenvalue weighted by atomic mass is 35.5. The van der Waals surface area contributed by atoms with E-state index < -0.39 is 6.10 Å². The minimum Gasteiger partial charge on any atom is -0.387 e. The van der Waals surface area contributed by atoms with Crippen LogP contribution in [0.25, 0.3) is 0 Å². The summed E-state index contributed by atoms with van der Waals surface area (Å²) in [5.74, 6) is -0.364. The minimum atomic E-state index is -0.695. The van der Waals surface area contributed by atoms with Crippen molar-refractivity contribution in [3.05, 3.63) is 34.9 Å². The molecule has 0 aliphatic carbocycles. The van der Waals surface area contributed by atoms with Gasteiger partial charge in [-0.25, -0.2) is 0 Å². The molecule has 0 aliphatic heterocycles. The summed E-state index contributed by atoms with van der Waals surface area (Å²) in [5, 5.41) is 13.5. The van der Waals surface area contributed by atoms with Crippen molar-refractivity contribution in [1.29, 1.82) is 0 Å². The van der Waals surface area contributed by atoms with E-state index in [0.717, 1.165) is 0 Å². The van der Waals surface area contributed by atoms with Crippen LogP contribution in [0.2, 0.25) is 5.02 Å². The second kappa shape index (κ2) is 6.59. The van der Waals surface area contributed by atoms with E-state index in [1.165, 1.54) is 0 Å². The third-order valence-electron chi connectivity index (χ3n) is 2.43. The van der Waals surface area contributed by atoms with Crippen LogP contribution in [0.5, 0.6) is 0 Å². The third-order valence-corrected chi connectivity index (χ3v) is 2.78. The molecule has 0 heterocycles. The molecule has 17 heavy (non-hydrogen) atoms. The van der Waals surface area contributed by atoms with E-state index in [4.69, 9.17) is 17.3 Å². The Morgan fingerprint density at radius 1 is 1.53 bits per heavy atom. The molecule has 1 amide bonds. The van der Waals surface area contributed by atoms with Gasteiger partial charge in [0.15, 0.2) is 0 Å². The Kier molecular flexibility index (Phi) is 5.41. The van der Waals surface area contributed by atoms with Crippen molar-refractivity contribution in [3.63, 3.8) is 0 Å². The van der Waals surface area contributed by atoms with Crippen molar-refractivity contribution in [2.75, 3.05) is 6.54 Å². The van der Waals surface area contributed by atoms with Gasteiger partial charge in [-0.2, -0.15) is 0 Å². The van der Waals surface area contributed by atoms with Crippen LogP contribution >= 0.6 is 11.6 Å². The normalized spacial score (nSPS) is 14.3. The van der Waals surface area contributed by atoms with Crippen LogP contribution in [0, 0.1) is 0 Å². The predicted octanol–water partition coefficient (Wildman–Crippen LogP) is 1.23. The van der Waals surface area contributed by atoms with Gasteiger partial charge in [-0.1, -0.05) is 29.8 Å². The highest BCUT2D eigenvalue weighted by Gasteiger charge is 2.12. The van der Waals surface area contributed by atoms with Crippen LogP contribution < -0.4 is 11.1 Å². The topological polar surface area (TPSA) is 75.4 Å². The molecule has 1 rings (SSSR count). The van der Waals surface area contributed by atoms with Crippen molar-refractivity contribution in [3.8, 4) is 0 Å². The zero-order valence-electron chi connectivity index (χ0n) is 9.69.